The Morgan fingerprint density at radius 1 is 0.905 bits per heavy atom. The number of nitrogens with one attached hydrogen (secondary N) is 1. The number of sulfonamides is 1. The highest BCUT2D eigenvalue weighted by molar-refractivity contribution is 7.92. The van der Waals surface area contributed by atoms with Crippen LogP contribution in [0.4, 0.5) is 5.69 Å². The molecule has 0 aliphatic heterocycles. The molecule has 0 aliphatic carbocycles. The SMILES string of the molecule is CCCCNC(=O)C(CC)N(Cc1ccccc1C)C(=O)CN(c1ccc(OC)c(OC)c1)S(=O)(=O)c1ccccc1. The summed E-state index contributed by atoms with van der Waals surface area (Å²) < 4.78 is 39.8. The molecular formula is C32H41N3O6S. The highest BCUT2D eigenvalue weighted by Gasteiger charge is 2.34. The van der Waals surface area contributed by atoms with E-state index in [0.717, 1.165) is 28.3 Å². The molecule has 9 nitrogen and oxygen atoms in total. The predicted octanol–water partition coefficient (Wildman–Crippen LogP) is 4.93. The molecule has 3 aromatic carbocycles. The summed E-state index contributed by atoms with van der Waals surface area (Å²) in [5.41, 5.74) is 2.06. The number of anilines is 1. The molecule has 0 radical (unpaired) electrons. The van der Waals surface area contributed by atoms with E-state index in [0.29, 0.717) is 24.5 Å². The van der Waals surface area contributed by atoms with Gasteiger partial charge in [-0.3, -0.25) is 13.9 Å². The highest BCUT2D eigenvalue weighted by Crippen LogP contribution is 2.34. The summed E-state index contributed by atoms with van der Waals surface area (Å²) in [5.74, 6) is -0.0451. The third-order valence-corrected chi connectivity index (χ3v) is 8.87. The molecule has 3 rings (SSSR count). The second-order valence-electron chi connectivity index (χ2n) is 9.88. The summed E-state index contributed by atoms with van der Waals surface area (Å²) >= 11 is 0. The van der Waals surface area contributed by atoms with Crippen LogP contribution in [-0.4, -0.2) is 58.5 Å². The average Bonchev–Trinajstić information content (AvgIpc) is 3.00. The molecule has 1 N–H and O–H groups in total. The van der Waals surface area contributed by atoms with Crippen LogP contribution in [0.15, 0.2) is 77.7 Å². The van der Waals surface area contributed by atoms with E-state index in [-0.39, 0.29) is 23.0 Å². The first-order valence-electron chi connectivity index (χ1n) is 14.1. The van der Waals surface area contributed by atoms with Crippen LogP contribution in [0.3, 0.4) is 0 Å². The molecule has 10 heteroatoms. The molecular weight excluding hydrogens is 554 g/mol. The van der Waals surface area contributed by atoms with Crippen LogP contribution in [0, 0.1) is 6.92 Å². The quantitative estimate of drug-likeness (QED) is 0.250. The fourth-order valence-corrected chi connectivity index (χ4v) is 6.05. The summed E-state index contributed by atoms with van der Waals surface area (Å²) in [6, 6.07) is 19.4. The Morgan fingerprint density at radius 2 is 1.57 bits per heavy atom. The van der Waals surface area contributed by atoms with Gasteiger partial charge in [-0.1, -0.05) is 62.7 Å². The van der Waals surface area contributed by atoms with Gasteiger partial charge in [0.25, 0.3) is 10.0 Å². The molecule has 0 heterocycles. The second-order valence-corrected chi connectivity index (χ2v) is 11.7. The van der Waals surface area contributed by atoms with Gasteiger partial charge in [-0.25, -0.2) is 8.42 Å². The van der Waals surface area contributed by atoms with E-state index < -0.39 is 28.5 Å². The van der Waals surface area contributed by atoms with E-state index in [2.05, 4.69) is 5.32 Å². The maximum atomic E-state index is 14.2. The van der Waals surface area contributed by atoms with Crippen LogP contribution in [0.2, 0.25) is 0 Å². The molecule has 0 saturated heterocycles. The number of hydrogen-bond donors (Lipinski definition) is 1. The number of methoxy groups -OCH3 is 2. The maximum absolute atomic E-state index is 14.2. The minimum atomic E-state index is -4.19. The normalized spacial score (nSPS) is 11.8. The topological polar surface area (TPSA) is 105 Å². The lowest BCUT2D eigenvalue weighted by atomic mass is 10.1. The first-order valence-corrected chi connectivity index (χ1v) is 15.5. The molecule has 0 bridgehead atoms. The van der Waals surface area contributed by atoms with Crippen molar-refractivity contribution in [2.75, 3.05) is 31.6 Å². The highest BCUT2D eigenvalue weighted by atomic mass is 32.2. The third-order valence-electron chi connectivity index (χ3n) is 7.08. The van der Waals surface area contributed by atoms with Crippen LogP contribution in [-0.2, 0) is 26.2 Å². The molecule has 1 atom stereocenters. The smallest absolute Gasteiger partial charge is 0.264 e. The molecule has 226 valence electrons. The number of unbranched alkanes of at least 4 members (excludes halogenated alkanes) is 1. The zero-order valence-corrected chi connectivity index (χ0v) is 25.8. The minimum Gasteiger partial charge on any atom is -0.493 e. The largest absolute Gasteiger partial charge is 0.493 e. The van der Waals surface area contributed by atoms with Gasteiger partial charge in [-0.15, -0.1) is 0 Å². The van der Waals surface area contributed by atoms with Crippen LogP contribution >= 0.6 is 0 Å². The minimum absolute atomic E-state index is 0.0300. The van der Waals surface area contributed by atoms with Gasteiger partial charge >= 0.3 is 0 Å². The maximum Gasteiger partial charge on any atom is 0.264 e. The number of carbonyl (C=O) groups excluding carboxylic acids is 2. The lowest BCUT2D eigenvalue weighted by molar-refractivity contribution is -0.140. The molecule has 0 spiro atoms. The number of carbonyl (C=O) groups is 2. The van der Waals surface area contributed by atoms with Gasteiger partial charge < -0.3 is 19.7 Å². The van der Waals surface area contributed by atoms with Gasteiger partial charge in [0.05, 0.1) is 24.8 Å². The van der Waals surface area contributed by atoms with Crippen LogP contribution in [0.5, 0.6) is 11.5 Å². The van der Waals surface area contributed by atoms with Crippen molar-refractivity contribution in [1.29, 1.82) is 0 Å². The van der Waals surface area contributed by atoms with E-state index in [1.807, 2.05) is 45.0 Å². The van der Waals surface area contributed by atoms with Crippen LogP contribution in [0.1, 0.15) is 44.2 Å². The van der Waals surface area contributed by atoms with E-state index in [1.165, 1.54) is 37.3 Å². The van der Waals surface area contributed by atoms with Crippen molar-refractivity contribution < 1.29 is 27.5 Å². The lowest BCUT2D eigenvalue weighted by Gasteiger charge is -2.33. The third kappa shape index (κ3) is 7.82. The van der Waals surface area contributed by atoms with E-state index in [1.54, 1.807) is 30.3 Å². The zero-order valence-electron chi connectivity index (χ0n) is 25.0. The van der Waals surface area contributed by atoms with Crippen molar-refractivity contribution in [2.24, 2.45) is 0 Å². The number of hydrogen-bond acceptors (Lipinski definition) is 6. The summed E-state index contributed by atoms with van der Waals surface area (Å²) in [4.78, 5) is 29.1. The number of rotatable bonds is 15. The number of amides is 2. The van der Waals surface area contributed by atoms with Gasteiger partial charge in [-0.05, 0) is 55.2 Å². The van der Waals surface area contributed by atoms with Crippen molar-refractivity contribution in [3.63, 3.8) is 0 Å². The van der Waals surface area contributed by atoms with E-state index >= 15 is 0 Å². The Labute approximate surface area is 249 Å². The summed E-state index contributed by atoms with van der Waals surface area (Å²) in [7, 11) is -1.25. The number of nitrogens with zero attached hydrogens (tertiary/aromatic N) is 2. The van der Waals surface area contributed by atoms with Gasteiger partial charge in [0.1, 0.15) is 12.6 Å². The molecule has 3 aromatic rings. The second kappa shape index (κ2) is 15.3. The van der Waals surface area contributed by atoms with Gasteiger partial charge in [0.2, 0.25) is 11.8 Å². The summed E-state index contributed by atoms with van der Waals surface area (Å²) in [5, 5.41) is 2.94. The molecule has 0 aliphatic rings. The van der Waals surface area contributed by atoms with Crippen molar-refractivity contribution in [3.8, 4) is 11.5 Å². The van der Waals surface area contributed by atoms with Gasteiger partial charge in [0.15, 0.2) is 11.5 Å². The van der Waals surface area contributed by atoms with E-state index in [4.69, 9.17) is 9.47 Å². The Balaban J connectivity index is 2.09. The summed E-state index contributed by atoms with van der Waals surface area (Å²) in [6.07, 6.45) is 2.09. The van der Waals surface area contributed by atoms with Crippen LogP contribution < -0.4 is 19.1 Å². The number of aryl methyl sites for hydroxylation is 1. The Morgan fingerprint density at radius 3 is 2.19 bits per heavy atom. The van der Waals surface area contributed by atoms with Crippen LogP contribution in [0.25, 0.3) is 0 Å². The van der Waals surface area contributed by atoms with Crippen molar-refractivity contribution in [2.45, 2.75) is 57.5 Å². The van der Waals surface area contributed by atoms with Crippen molar-refractivity contribution in [1.82, 2.24) is 10.2 Å². The van der Waals surface area contributed by atoms with Crippen molar-refractivity contribution in [3.05, 3.63) is 83.9 Å². The monoisotopic (exact) mass is 595 g/mol. The Kier molecular flexibility index (Phi) is 11.8. The zero-order chi connectivity index (χ0) is 30.7. The molecule has 42 heavy (non-hydrogen) atoms. The molecule has 1 unspecified atom stereocenters. The van der Waals surface area contributed by atoms with Crippen molar-refractivity contribution >= 4 is 27.5 Å². The lowest BCUT2D eigenvalue weighted by Crippen LogP contribution is -2.52. The number of ether oxygens (including phenoxy) is 2. The fourth-order valence-electron chi connectivity index (χ4n) is 4.63. The first-order chi connectivity index (χ1) is 20.2. The molecule has 0 aromatic heterocycles. The molecule has 0 fully saturated rings. The van der Waals surface area contributed by atoms with Gasteiger partial charge in [0, 0.05) is 19.2 Å². The Hall–Kier alpha value is -4.05. The number of benzene rings is 3. The first kappa shape index (κ1) is 32.5. The predicted molar refractivity (Wildman–Crippen MR) is 164 cm³/mol. The average molecular weight is 596 g/mol. The fraction of sp³-hybridized carbons (Fsp3) is 0.375. The molecule has 2 amide bonds. The molecule has 0 saturated carbocycles. The van der Waals surface area contributed by atoms with Gasteiger partial charge in [-0.2, -0.15) is 0 Å². The van der Waals surface area contributed by atoms with E-state index in [9.17, 15) is 18.0 Å². The standard InChI is InChI=1S/C32H41N3O6S/c1-6-8-20-33-32(37)28(7-2)34(22-25-15-13-12-14-24(25)3)31(36)23-35(42(38,39)27-16-10-9-11-17-27)26-18-19-29(40-4)30(21-26)41-5/h9-19,21,28H,6-8,20,22-23H2,1-5H3,(H,33,37). The Bertz CT molecular complexity index is 1450. The summed E-state index contributed by atoms with van der Waals surface area (Å²) in [6.45, 7) is 5.94.